The number of rotatable bonds is 5. The molecule has 0 unspecified atom stereocenters. The van der Waals surface area contributed by atoms with E-state index in [9.17, 15) is 5.11 Å². The molecule has 3 nitrogen and oxygen atoms in total. The number of phenolic OH excluding ortho intramolecular Hbond substituents is 1. The zero-order valence-corrected chi connectivity index (χ0v) is 12.2. The largest absolute Gasteiger partial charge is 0.507 e. The number of aryl methyl sites for hydroxylation is 1. The van der Waals surface area contributed by atoms with Gasteiger partial charge in [-0.25, -0.2) is 0 Å². The van der Waals surface area contributed by atoms with Crippen LogP contribution in [0.5, 0.6) is 5.75 Å². The van der Waals surface area contributed by atoms with Gasteiger partial charge in [0.15, 0.2) is 0 Å². The molecule has 0 atom stereocenters. The Labute approximate surface area is 116 Å². The van der Waals surface area contributed by atoms with Crippen LogP contribution in [-0.4, -0.2) is 36.2 Å². The standard InChI is InChI=1S/C16H26N2O/c1-13-6-9-18(10-7-13)11-8-17-12-15-5-3-4-14(2)16(15)19/h3-5,13,17,19H,6-12H2,1-2H3. The number of hydrogen-bond donors (Lipinski definition) is 2. The number of nitrogens with zero attached hydrogens (tertiary/aromatic N) is 1. The van der Waals surface area contributed by atoms with Crippen LogP contribution in [0.2, 0.25) is 0 Å². The van der Waals surface area contributed by atoms with Crippen molar-refractivity contribution in [3.05, 3.63) is 29.3 Å². The summed E-state index contributed by atoms with van der Waals surface area (Å²) in [5.74, 6) is 1.33. The molecule has 0 radical (unpaired) electrons. The summed E-state index contributed by atoms with van der Waals surface area (Å²) in [6, 6.07) is 5.92. The van der Waals surface area contributed by atoms with Crippen LogP contribution in [0.25, 0.3) is 0 Å². The number of likely N-dealkylation sites (tertiary alicyclic amines) is 1. The summed E-state index contributed by atoms with van der Waals surface area (Å²) in [6.45, 7) is 9.60. The highest BCUT2D eigenvalue weighted by molar-refractivity contribution is 5.39. The summed E-state index contributed by atoms with van der Waals surface area (Å²) in [6.07, 6.45) is 2.66. The van der Waals surface area contributed by atoms with Crippen molar-refractivity contribution in [2.75, 3.05) is 26.2 Å². The molecule has 106 valence electrons. The van der Waals surface area contributed by atoms with E-state index in [2.05, 4.69) is 17.1 Å². The Morgan fingerprint density at radius 3 is 2.79 bits per heavy atom. The zero-order chi connectivity index (χ0) is 13.7. The summed E-state index contributed by atoms with van der Waals surface area (Å²) in [5, 5.41) is 13.4. The first-order valence-corrected chi connectivity index (χ1v) is 7.37. The molecule has 1 fully saturated rings. The van der Waals surface area contributed by atoms with Crippen LogP contribution in [-0.2, 0) is 6.54 Å². The van der Waals surface area contributed by atoms with E-state index < -0.39 is 0 Å². The van der Waals surface area contributed by atoms with Crippen molar-refractivity contribution in [1.82, 2.24) is 10.2 Å². The van der Waals surface area contributed by atoms with Gasteiger partial charge in [0.2, 0.25) is 0 Å². The average Bonchev–Trinajstić information content (AvgIpc) is 2.41. The average molecular weight is 262 g/mol. The predicted molar refractivity (Wildman–Crippen MR) is 79.4 cm³/mol. The van der Waals surface area contributed by atoms with Crippen molar-refractivity contribution < 1.29 is 5.11 Å². The third-order valence-electron chi connectivity index (χ3n) is 4.12. The molecule has 1 heterocycles. The van der Waals surface area contributed by atoms with Crippen molar-refractivity contribution in [1.29, 1.82) is 0 Å². The fourth-order valence-corrected chi connectivity index (χ4v) is 2.61. The number of phenols is 1. The van der Waals surface area contributed by atoms with Gasteiger partial charge in [0.05, 0.1) is 0 Å². The van der Waals surface area contributed by atoms with Gasteiger partial charge in [0.25, 0.3) is 0 Å². The number of benzene rings is 1. The maximum absolute atomic E-state index is 9.92. The van der Waals surface area contributed by atoms with Gasteiger partial charge >= 0.3 is 0 Å². The molecule has 0 aliphatic carbocycles. The van der Waals surface area contributed by atoms with Gasteiger partial charge in [-0.15, -0.1) is 0 Å². The van der Waals surface area contributed by atoms with Crippen LogP contribution < -0.4 is 5.32 Å². The lowest BCUT2D eigenvalue weighted by Crippen LogP contribution is -2.37. The van der Waals surface area contributed by atoms with E-state index in [1.54, 1.807) is 0 Å². The topological polar surface area (TPSA) is 35.5 Å². The Balaban J connectivity index is 1.68. The first-order valence-electron chi connectivity index (χ1n) is 7.37. The maximum Gasteiger partial charge on any atom is 0.122 e. The minimum atomic E-state index is 0.432. The fourth-order valence-electron chi connectivity index (χ4n) is 2.61. The molecule has 0 amide bonds. The van der Waals surface area contributed by atoms with Gasteiger partial charge in [0, 0.05) is 25.2 Å². The molecule has 1 saturated heterocycles. The smallest absolute Gasteiger partial charge is 0.122 e. The Hall–Kier alpha value is -1.06. The Morgan fingerprint density at radius 2 is 2.05 bits per heavy atom. The molecule has 0 bridgehead atoms. The van der Waals surface area contributed by atoms with Crippen LogP contribution >= 0.6 is 0 Å². The zero-order valence-electron chi connectivity index (χ0n) is 12.2. The second-order valence-electron chi connectivity index (χ2n) is 5.78. The van der Waals surface area contributed by atoms with Gasteiger partial charge in [0.1, 0.15) is 5.75 Å². The summed E-state index contributed by atoms with van der Waals surface area (Å²) < 4.78 is 0. The van der Waals surface area contributed by atoms with Crippen molar-refractivity contribution >= 4 is 0 Å². The van der Waals surface area contributed by atoms with Crippen molar-refractivity contribution in [3.63, 3.8) is 0 Å². The molecular weight excluding hydrogens is 236 g/mol. The lowest BCUT2D eigenvalue weighted by atomic mass is 9.99. The molecule has 19 heavy (non-hydrogen) atoms. The number of nitrogens with one attached hydrogen (secondary N) is 1. The molecule has 1 aromatic carbocycles. The van der Waals surface area contributed by atoms with Crippen LogP contribution in [0, 0.1) is 12.8 Å². The van der Waals surface area contributed by atoms with Crippen molar-refractivity contribution in [2.45, 2.75) is 33.2 Å². The van der Waals surface area contributed by atoms with E-state index in [1.807, 2.05) is 25.1 Å². The second kappa shape index (κ2) is 6.92. The fraction of sp³-hybridized carbons (Fsp3) is 0.625. The monoisotopic (exact) mass is 262 g/mol. The number of piperidine rings is 1. The number of aromatic hydroxyl groups is 1. The summed E-state index contributed by atoms with van der Waals surface area (Å²) in [5.41, 5.74) is 1.94. The third-order valence-corrected chi connectivity index (χ3v) is 4.12. The molecule has 1 aliphatic heterocycles. The minimum absolute atomic E-state index is 0.432. The Kier molecular flexibility index (Phi) is 5.23. The lowest BCUT2D eigenvalue weighted by molar-refractivity contribution is 0.193. The quantitative estimate of drug-likeness (QED) is 0.800. The van der Waals surface area contributed by atoms with E-state index in [4.69, 9.17) is 0 Å². The summed E-state index contributed by atoms with van der Waals surface area (Å²) in [7, 11) is 0. The molecule has 0 spiro atoms. The minimum Gasteiger partial charge on any atom is -0.507 e. The van der Waals surface area contributed by atoms with E-state index in [-0.39, 0.29) is 0 Å². The molecule has 3 heteroatoms. The molecule has 1 aliphatic rings. The summed E-state index contributed by atoms with van der Waals surface area (Å²) >= 11 is 0. The van der Waals surface area contributed by atoms with Crippen LogP contribution in [0.15, 0.2) is 18.2 Å². The maximum atomic E-state index is 9.92. The van der Waals surface area contributed by atoms with Gasteiger partial charge < -0.3 is 15.3 Å². The SMILES string of the molecule is Cc1cccc(CNCCN2CCC(C)CC2)c1O. The Morgan fingerprint density at radius 1 is 1.32 bits per heavy atom. The van der Waals surface area contributed by atoms with Crippen LogP contribution in [0.1, 0.15) is 30.9 Å². The van der Waals surface area contributed by atoms with Crippen molar-refractivity contribution in [3.8, 4) is 5.75 Å². The molecule has 2 N–H and O–H groups in total. The number of hydrogen-bond acceptors (Lipinski definition) is 3. The van der Waals surface area contributed by atoms with E-state index in [0.717, 1.165) is 36.7 Å². The first kappa shape index (κ1) is 14.4. The third kappa shape index (κ3) is 4.22. The molecule has 2 rings (SSSR count). The second-order valence-corrected chi connectivity index (χ2v) is 5.78. The van der Waals surface area contributed by atoms with Crippen molar-refractivity contribution in [2.24, 2.45) is 5.92 Å². The summed E-state index contributed by atoms with van der Waals surface area (Å²) in [4.78, 5) is 2.53. The highest BCUT2D eigenvalue weighted by atomic mass is 16.3. The number of para-hydroxylation sites is 1. The van der Waals surface area contributed by atoms with Crippen LogP contribution in [0.3, 0.4) is 0 Å². The normalized spacial score (nSPS) is 17.8. The molecule has 1 aromatic rings. The van der Waals surface area contributed by atoms with E-state index in [0.29, 0.717) is 5.75 Å². The van der Waals surface area contributed by atoms with Gasteiger partial charge in [-0.3, -0.25) is 0 Å². The highest BCUT2D eigenvalue weighted by Crippen LogP contribution is 2.21. The highest BCUT2D eigenvalue weighted by Gasteiger charge is 2.14. The van der Waals surface area contributed by atoms with Crippen LogP contribution in [0.4, 0.5) is 0 Å². The van der Waals surface area contributed by atoms with Gasteiger partial charge in [-0.2, -0.15) is 0 Å². The first-order chi connectivity index (χ1) is 9.16. The van der Waals surface area contributed by atoms with E-state index >= 15 is 0 Å². The molecule has 0 saturated carbocycles. The Bertz CT molecular complexity index is 398. The van der Waals surface area contributed by atoms with Gasteiger partial charge in [-0.05, 0) is 44.3 Å². The molecule has 0 aromatic heterocycles. The van der Waals surface area contributed by atoms with Gasteiger partial charge in [-0.1, -0.05) is 25.1 Å². The molecular formula is C16H26N2O. The lowest BCUT2D eigenvalue weighted by Gasteiger charge is -2.30. The predicted octanol–water partition coefficient (Wildman–Crippen LogP) is 2.52. The van der Waals surface area contributed by atoms with E-state index in [1.165, 1.54) is 25.9 Å².